The average Bonchev–Trinajstić information content (AvgIpc) is 3.09. The molecule has 0 bridgehead atoms. The van der Waals surface area contributed by atoms with Crippen LogP contribution in [0.1, 0.15) is 29.6 Å². The minimum Gasteiger partial charge on any atom is -0.510 e. The Balaban J connectivity index is 1.67. The van der Waals surface area contributed by atoms with Crippen LogP contribution in [-0.4, -0.2) is 33.4 Å². The number of aliphatic hydroxyl groups is 1. The maximum absolute atomic E-state index is 10.3. The Hall–Kier alpha value is -2.14. The Bertz CT molecular complexity index is 736. The first-order chi connectivity index (χ1) is 11.1. The molecule has 2 heterocycles. The molecule has 0 radical (unpaired) electrons. The standard InChI is InChI=1S/C18H21N3OS/c1-12-11-23-18(20-12)16-15(22)10-21(17(16)19)13(2)8-9-14-6-4-3-5-7-14/h3-7,11,13,19,22H,8-10H2,1-2H3/t13-/m0/s1. The number of rotatable bonds is 5. The molecule has 2 aromatic rings. The SMILES string of the molecule is Cc1csc(C2=C(O)CN([C@@H](C)CCc3ccccc3)C2=N)n1. The number of aromatic nitrogens is 1. The number of thiazole rings is 1. The topological polar surface area (TPSA) is 60.2 Å². The quantitative estimate of drug-likeness (QED) is 0.871. The van der Waals surface area contributed by atoms with Gasteiger partial charge in [0.15, 0.2) is 0 Å². The summed E-state index contributed by atoms with van der Waals surface area (Å²) < 4.78 is 0. The van der Waals surface area contributed by atoms with Gasteiger partial charge in [0.1, 0.15) is 16.6 Å². The first kappa shape index (κ1) is 15.7. The van der Waals surface area contributed by atoms with Crippen molar-refractivity contribution in [3.05, 3.63) is 57.7 Å². The smallest absolute Gasteiger partial charge is 0.135 e. The van der Waals surface area contributed by atoms with Crippen molar-refractivity contribution in [1.82, 2.24) is 9.88 Å². The maximum Gasteiger partial charge on any atom is 0.135 e. The molecule has 0 amide bonds. The van der Waals surface area contributed by atoms with E-state index in [4.69, 9.17) is 5.41 Å². The van der Waals surface area contributed by atoms with Crippen molar-refractivity contribution in [2.45, 2.75) is 32.7 Å². The minimum atomic E-state index is 0.198. The predicted octanol–water partition coefficient (Wildman–Crippen LogP) is 4.03. The van der Waals surface area contributed by atoms with Gasteiger partial charge in [-0.25, -0.2) is 4.98 Å². The highest BCUT2D eigenvalue weighted by atomic mass is 32.1. The van der Waals surface area contributed by atoms with Crippen LogP contribution in [0.25, 0.3) is 5.57 Å². The summed E-state index contributed by atoms with van der Waals surface area (Å²) in [4.78, 5) is 6.38. The second-order valence-corrected chi connectivity index (χ2v) is 6.82. The normalized spacial score (nSPS) is 16.3. The van der Waals surface area contributed by atoms with E-state index in [0.717, 1.165) is 23.5 Å². The molecule has 0 aliphatic carbocycles. The number of benzene rings is 1. The molecular weight excluding hydrogens is 306 g/mol. The zero-order chi connectivity index (χ0) is 16.4. The van der Waals surface area contributed by atoms with Gasteiger partial charge >= 0.3 is 0 Å². The Morgan fingerprint density at radius 3 is 2.74 bits per heavy atom. The molecule has 0 unspecified atom stereocenters. The van der Waals surface area contributed by atoms with Crippen molar-refractivity contribution in [1.29, 1.82) is 5.41 Å². The number of hydrogen-bond acceptors (Lipinski definition) is 4. The number of nitrogens with zero attached hydrogens (tertiary/aromatic N) is 2. The number of nitrogens with one attached hydrogen (secondary N) is 1. The monoisotopic (exact) mass is 327 g/mol. The molecule has 2 N–H and O–H groups in total. The molecule has 0 spiro atoms. The first-order valence-corrected chi connectivity index (χ1v) is 8.68. The van der Waals surface area contributed by atoms with E-state index in [9.17, 15) is 5.11 Å². The van der Waals surface area contributed by atoms with Crippen molar-refractivity contribution in [3.63, 3.8) is 0 Å². The van der Waals surface area contributed by atoms with Gasteiger partial charge in [-0.15, -0.1) is 11.3 Å². The van der Waals surface area contributed by atoms with Gasteiger partial charge in [0.2, 0.25) is 0 Å². The zero-order valence-electron chi connectivity index (χ0n) is 13.4. The van der Waals surface area contributed by atoms with E-state index in [0.29, 0.717) is 18.0 Å². The second kappa shape index (κ2) is 6.54. The van der Waals surface area contributed by atoms with Crippen LogP contribution in [0.3, 0.4) is 0 Å². The van der Waals surface area contributed by atoms with Gasteiger partial charge < -0.3 is 10.0 Å². The summed E-state index contributed by atoms with van der Waals surface area (Å²) >= 11 is 1.48. The van der Waals surface area contributed by atoms with E-state index in [-0.39, 0.29) is 11.8 Å². The minimum absolute atomic E-state index is 0.198. The summed E-state index contributed by atoms with van der Waals surface area (Å²) in [5.74, 6) is 0.647. The van der Waals surface area contributed by atoms with Crippen LogP contribution < -0.4 is 0 Å². The molecule has 0 saturated carbocycles. The largest absolute Gasteiger partial charge is 0.510 e. The molecule has 5 heteroatoms. The van der Waals surface area contributed by atoms with Gasteiger partial charge in [-0.2, -0.15) is 0 Å². The van der Waals surface area contributed by atoms with E-state index in [2.05, 4.69) is 24.0 Å². The Morgan fingerprint density at radius 1 is 1.35 bits per heavy atom. The van der Waals surface area contributed by atoms with Crippen LogP contribution in [0.5, 0.6) is 0 Å². The Morgan fingerprint density at radius 2 is 2.09 bits per heavy atom. The van der Waals surface area contributed by atoms with Gasteiger partial charge in [0.25, 0.3) is 0 Å². The maximum atomic E-state index is 10.3. The van der Waals surface area contributed by atoms with Crippen LogP contribution in [0, 0.1) is 12.3 Å². The molecule has 1 atom stereocenters. The predicted molar refractivity (Wildman–Crippen MR) is 95.1 cm³/mol. The number of aliphatic hydroxyl groups excluding tert-OH is 1. The van der Waals surface area contributed by atoms with Crippen LogP contribution in [0.15, 0.2) is 41.5 Å². The fraction of sp³-hybridized carbons (Fsp3) is 0.333. The zero-order valence-corrected chi connectivity index (χ0v) is 14.2. The number of aryl methyl sites for hydroxylation is 2. The summed E-state index contributed by atoms with van der Waals surface area (Å²) in [6.45, 7) is 4.44. The van der Waals surface area contributed by atoms with Crippen molar-refractivity contribution >= 4 is 22.7 Å². The highest BCUT2D eigenvalue weighted by Crippen LogP contribution is 2.31. The summed E-state index contributed by atoms with van der Waals surface area (Å²) in [6.07, 6.45) is 1.92. The molecule has 0 saturated heterocycles. The fourth-order valence-electron chi connectivity index (χ4n) is 2.85. The number of amidine groups is 1. The average molecular weight is 327 g/mol. The molecule has 1 aliphatic heterocycles. The van der Waals surface area contributed by atoms with Gasteiger partial charge in [0, 0.05) is 17.1 Å². The summed E-state index contributed by atoms with van der Waals surface area (Å²) in [6, 6.07) is 10.6. The van der Waals surface area contributed by atoms with Gasteiger partial charge in [-0.1, -0.05) is 30.3 Å². The Labute approximate surface area is 140 Å². The highest BCUT2D eigenvalue weighted by Gasteiger charge is 2.32. The van der Waals surface area contributed by atoms with E-state index in [1.165, 1.54) is 16.9 Å². The highest BCUT2D eigenvalue weighted by molar-refractivity contribution is 7.11. The molecule has 1 aromatic carbocycles. The third-order valence-electron chi connectivity index (χ3n) is 4.19. The molecule has 1 aliphatic rings. The van der Waals surface area contributed by atoms with Crippen LogP contribution >= 0.6 is 11.3 Å². The van der Waals surface area contributed by atoms with Crippen molar-refractivity contribution < 1.29 is 5.11 Å². The summed E-state index contributed by atoms with van der Waals surface area (Å²) in [7, 11) is 0. The summed E-state index contributed by atoms with van der Waals surface area (Å²) in [5, 5.41) is 21.4. The lowest BCUT2D eigenvalue weighted by Crippen LogP contribution is -2.35. The molecule has 0 fully saturated rings. The molecule has 23 heavy (non-hydrogen) atoms. The van der Waals surface area contributed by atoms with Gasteiger partial charge in [-0.05, 0) is 32.3 Å². The van der Waals surface area contributed by atoms with E-state index in [1.807, 2.05) is 35.4 Å². The van der Waals surface area contributed by atoms with Crippen LogP contribution in [0.4, 0.5) is 0 Å². The van der Waals surface area contributed by atoms with E-state index in [1.54, 1.807) is 0 Å². The Kier molecular flexibility index (Phi) is 4.48. The van der Waals surface area contributed by atoms with Crippen molar-refractivity contribution in [3.8, 4) is 0 Å². The summed E-state index contributed by atoms with van der Waals surface area (Å²) in [5.41, 5.74) is 2.82. The fourth-order valence-corrected chi connectivity index (χ4v) is 3.71. The van der Waals surface area contributed by atoms with Crippen molar-refractivity contribution in [2.24, 2.45) is 0 Å². The molecule has 120 valence electrons. The molecule has 1 aromatic heterocycles. The lowest BCUT2D eigenvalue weighted by molar-refractivity contribution is 0.296. The van der Waals surface area contributed by atoms with Crippen LogP contribution in [-0.2, 0) is 6.42 Å². The lowest BCUT2D eigenvalue weighted by Gasteiger charge is -2.26. The third kappa shape index (κ3) is 3.29. The third-order valence-corrected chi connectivity index (χ3v) is 5.17. The van der Waals surface area contributed by atoms with Gasteiger partial charge in [-0.3, -0.25) is 5.41 Å². The van der Waals surface area contributed by atoms with Crippen molar-refractivity contribution in [2.75, 3.05) is 6.54 Å². The van der Waals surface area contributed by atoms with Gasteiger partial charge in [0.05, 0.1) is 12.1 Å². The van der Waals surface area contributed by atoms with E-state index < -0.39 is 0 Å². The molecular formula is C18H21N3OS. The van der Waals surface area contributed by atoms with Crippen LogP contribution in [0.2, 0.25) is 0 Å². The molecule has 4 nitrogen and oxygen atoms in total. The van der Waals surface area contributed by atoms with E-state index >= 15 is 0 Å². The second-order valence-electron chi connectivity index (χ2n) is 5.97. The molecule has 3 rings (SSSR count). The number of hydrogen-bond donors (Lipinski definition) is 2. The lowest BCUT2D eigenvalue weighted by atomic mass is 10.1. The first-order valence-electron chi connectivity index (χ1n) is 7.80.